The predicted molar refractivity (Wildman–Crippen MR) is 99.9 cm³/mol. The van der Waals surface area contributed by atoms with Gasteiger partial charge in [0.15, 0.2) is 0 Å². The Hall–Kier alpha value is -1.18. The van der Waals surface area contributed by atoms with Crippen molar-refractivity contribution in [2.75, 3.05) is 20.3 Å². The summed E-state index contributed by atoms with van der Waals surface area (Å²) in [6.45, 7) is 5.87. The third kappa shape index (κ3) is 6.85. The van der Waals surface area contributed by atoms with Gasteiger partial charge in [0.2, 0.25) is 0 Å². The SMILES string of the molecule is COc1ccc(COCC[C@@H](O)[C@@H](C)[C@H](O)[C@@H](C)[C@H](O)[C@@H](C)CO)cc1. The van der Waals surface area contributed by atoms with Crippen molar-refractivity contribution in [2.24, 2.45) is 17.8 Å². The molecule has 0 spiro atoms. The number of aliphatic hydroxyl groups excluding tert-OH is 4. The molecule has 1 aromatic rings. The van der Waals surface area contributed by atoms with E-state index in [1.54, 1.807) is 27.9 Å². The van der Waals surface area contributed by atoms with Gasteiger partial charge in [0.05, 0.1) is 32.0 Å². The van der Waals surface area contributed by atoms with Crippen LogP contribution < -0.4 is 4.74 Å². The van der Waals surface area contributed by atoms with Crippen molar-refractivity contribution in [3.05, 3.63) is 29.8 Å². The number of benzene rings is 1. The molecular weight excluding hydrogens is 336 g/mol. The molecule has 4 N–H and O–H groups in total. The van der Waals surface area contributed by atoms with E-state index in [-0.39, 0.29) is 12.5 Å². The molecule has 150 valence electrons. The highest BCUT2D eigenvalue weighted by Gasteiger charge is 2.32. The minimum atomic E-state index is -0.865. The van der Waals surface area contributed by atoms with Gasteiger partial charge in [-0.1, -0.05) is 32.9 Å². The zero-order valence-corrected chi connectivity index (χ0v) is 16.2. The summed E-state index contributed by atoms with van der Waals surface area (Å²) in [5.41, 5.74) is 1.02. The summed E-state index contributed by atoms with van der Waals surface area (Å²) >= 11 is 0. The Bertz CT molecular complexity index is 492. The average Bonchev–Trinajstić information content (AvgIpc) is 2.68. The predicted octanol–water partition coefficient (Wildman–Crippen LogP) is 1.59. The van der Waals surface area contributed by atoms with Crippen LogP contribution in [0, 0.1) is 17.8 Å². The van der Waals surface area contributed by atoms with Crippen molar-refractivity contribution >= 4 is 0 Å². The van der Waals surface area contributed by atoms with Crippen LogP contribution in [-0.4, -0.2) is 59.1 Å². The van der Waals surface area contributed by atoms with Gasteiger partial charge in [0.1, 0.15) is 5.75 Å². The van der Waals surface area contributed by atoms with E-state index < -0.39 is 30.1 Å². The van der Waals surface area contributed by atoms with Crippen molar-refractivity contribution in [2.45, 2.75) is 52.1 Å². The topological polar surface area (TPSA) is 99.4 Å². The van der Waals surface area contributed by atoms with E-state index in [0.717, 1.165) is 11.3 Å². The normalized spacial score (nSPS) is 18.6. The molecule has 0 bridgehead atoms. The van der Waals surface area contributed by atoms with Crippen LogP contribution in [0.3, 0.4) is 0 Å². The Kier molecular flexibility index (Phi) is 10.1. The molecule has 0 aromatic heterocycles. The van der Waals surface area contributed by atoms with Crippen LogP contribution in [0.15, 0.2) is 24.3 Å². The standard InChI is InChI=1S/C20H34O6/c1-13(11-21)19(23)15(3)20(24)14(2)18(22)9-10-26-12-16-5-7-17(25-4)8-6-16/h5-8,13-15,18-24H,9-12H2,1-4H3/t13-,14+,15-,18+,19+,20-/m0/s1. The van der Waals surface area contributed by atoms with Gasteiger partial charge >= 0.3 is 0 Å². The Labute approximate surface area is 156 Å². The molecular formula is C20H34O6. The Morgan fingerprint density at radius 2 is 1.54 bits per heavy atom. The van der Waals surface area contributed by atoms with E-state index in [0.29, 0.717) is 19.6 Å². The lowest BCUT2D eigenvalue weighted by Crippen LogP contribution is -2.42. The fraction of sp³-hybridized carbons (Fsp3) is 0.700. The highest BCUT2D eigenvalue weighted by atomic mass is 16.5. The molecule has 0 saturated carbocycles. The number of aliphatic hydroxyl groups is 4. The molecule has 0 saturated heterocycles. The second-order valence-electron chi connectivity index (χ2n) is 7.12. The third-order valence-electron chi connectivity index (χ3n) is 5.08. The van der Waals surface area contributed by atoms with Gasteiger partial charge in [-0.3, -0.25) is 0 Å². The molecule has 0 amide bonds. The molecule has 0 unspecified atom stereocenters. The van der Waals surface area contributed by atoms with Crippen molar-refractivity contribution < 1.29 is 29.9 Å². The molecule has 0 aliphatic rings. The van der Waals surface area contributed by atoms with E-state index in [2.05, 4.69) is 0 Å². The average molecular weight is 370 g/mol. The quantitative estimate of drug-likeness (QED) is 0.417. The zero-order valence-electron chi connectivity index (χ0n) is 16.2. The number of hydrogen-bond acceptors (Lipinski definition) is 6. The molecule has 1 rings (SSSR count). The van der Waals surface area contributed by atoms with E-state index in [1.807, 2.05) is 24.3 Å². The summed E-state index contributed by atoms with van der Waals surface area (Å²) in [6, 6.07) is 7.58. The summed E-state index contributed by atoms with van der Waals surface area (Å²) in [4.78, 5) is 0. The molecule has 0 aliphatic heterocycles. The highest BCUT2D eigenvalue weighted by Crippen LogP contribution is 2.24. The smallest absolute Gasteiger partial charge is 0.118 e. The maximum Gasteiger partial charge on any atom is 0.118 e. The lowest BCUT2D eigenvalue weighted by Gasteiger charge is -2.33. The maximum atomic E-state index is 10.4. The van der Waals surface area contributed by atoms with Gasteiger partial charge in [-0.15, -0.1) is 0 Å². The Morgan fingerprint density at radius 3 is 2.08 bits per heavy atom. The van der Waals surface area contributed by atoms with Crippen molar-refractivity contribution in [3.63, 3.8) is 0 Å². The summed E-state index contributed by atoms with van der Waals surface area (Å²) in [7, 11) is 1.62. The first kappa shape index (κ1) is 22.9. The lowest BCUT2D eigenvalue weighted by molar-refractivity contribution is -0.0684. The molecule has 6 heteroatoms. The monoisotopic (exact) mass is 370 g/mol. The van der Waals surface area contributed by atoms with E-state index in [1.165, 1.54) is 0 Å². The van der Waals surface area contributed by atoms with Gasteiger partial charge < -0.3 is 29.9 Å². The number of hydrogen-bond donors (Lipinski definition) is 4. The van der Waals surface area contributed by atoms with Crippen LogP contribution in [0.5, 0.6) is 5.75 Å². The minimum absolute atomic E-state index is 0.144. The third-order valence-corrected chi connectivity index (χ3v) is 5.08. The first-order chi connectivity index (χ1) is 12.3. The van der Waals surface area contributed by atoms with E-state index >= 15 is 0 Å². The largest absolute Gasteiger partial charge is 0.497 e. The van der Waals surface area contributed by atoms with Crippen LogP contribution in [-0.2, 0) is 11.3 Å². The van der Waals surface area contributed by atoms with Gasteiger partial charge in [-0.05, 0) is 24.1 Å². The fourth-order valence-corrected chi connectivity index (χ4v) is 2.91. The molecule has 26 heavy (non-hydrogen) atoms. The Morgan fingerprint density at radius 1 is 0.923 bits per heavy atom. The van der Waals surface area contributed by atoms with Crippen LogP contribution in [0.1, 0.15) is 32.8 Å². The molecule has 6 atom stereocenters. The fourth-order valence-electron chi connectivity index (χ4n) is 2.91. The summed E-state index contributed by atoms with van der Waals surface area (Å²) < 4.78 is 10.7. The van der Waals surface area contributed by atoms with Crippen molar-refractivity contribution in [1.82, 2.24) is 0 Å². The van der Waals surface area contributed by atoms with Crippen molar-refractivity contribution in [1.29, 1.82) is 0 Å². The second kappa shape index (κ2) is 11.5. The first-order valence-corrected chi connectivity index (χ1v) is 9.17. The first-order valence-electron chi connectivity index (χ1n) is 9.17. The van der Waals surface area contributed by atoms with Crippen LogP contribution >= 0.6 is 0 Å². The minimum Gasteiger partial charge on any atom is -0.497 e. The zero-order chi connectivity index (χ0) is 19.7. The van der Waals surface area contributed by atoms with Gasteiger partial charge in [-0.25, -0.2) is 0 Å². The molecule has 6 nitrogen and oxygen atoms in total. The van der Waals surface area contributed by atoms with Crippen molar-refractivity contribution in [3.8, 4) is 5.75 Å². The molecule has 1 aromatic carbocycles. The number of rotatable bonds is 12. The molecule has 0 fully saturated rings. The van der Waals surface area contributed by atoms with Gasteiger partial charge in [-0.2, -0.15) is 0 Å². The van der Waals surface area contributed by atoms with Crippen LogP contribution in [0.25, 0.3) is 0 Å². The summed E-state index contributed by atoms with van der Waals surface area (Å²) in [5.74, 6) is -0.382. The number of ether oxygens (including phenoxy) is 2. The molecule has 0 heterocycles. The van der Waals surface area contributed by atoms with Crippen LogP contribution in [0.2, 0.25) is 0 Å². The highest BCUT2D eigenvalue weighted by molar-refractivity contribution is 5.26. The summed E-state index contributed by atoms with van der Waals surface area (Å²) in [5, 5.41) is 40.0. The lowest BCUT2D eigenvalue weighted by atomic mass is 9.82. The van der Waals surface area contributed by atoms with Crippen LogP contribution in [0.4, 0.5) is 0 Å². The summed E-state index contributed by atoms with van der Waals surface area (Å²) in [6.07, 6.45) is -2.03. The molecule has 0 radical (unpaired) electrons. The van der Waals surface area contributed by atoms with Gasteiger partial charge in [0, 0.05) is 31.0 Å². The molecule has 0 aliphatic carbocycles. The van der Waals surface area contributed by atoms with E-state index in [4.69, 9.17) is 14.6 Å². The number of methoxy groups -OCH3 is 1. The second-order valence-corrected chi connectivity index (χ2v) is 7.12. The van der Waals surface area contributed by atoms with Gasteiger partial charge in [0.25, 0.3) is 0 Å². The maximum absolute atomic E-state index is 10.4. The Balaban J connectivity index is 2.37. The van der Waals surface area contributed by atoms with E-state index in [9.17, 15) is 15.3 Å².